The molecule has 0 aromatic rings. The lowest BCUT2D eigenvalue weighted by molar-refractivity contribution is -0.126. The first-order valence-corrected chi connectivity index (χ1v) is 6.30. The van der Waals surface area contributed by atoms with Gasteiger partial charge in [0.05, 0.1) is 0 Å². The van der Waals surface area contributed by atoms with Crippen molar-refractivity contribution in [3.8, 4) is 0 Å². The molecule has 0 aliphatic carbocycles. The number of likely N-dealkylation sites (tertiary alicyclic amines) is 1. The van der Waals surface area contributed by atoms with Crippen LogP contribution in [0.3, 0.4) is 0 Å². The molecule has 0 bridgehead atoms. The van der Waals surface area contributed by atoms with Crippen LogP contribution in [0.4, 0.5) is 0 Å². The summed E-state index contributed by atoms with van der Waals surface area (Å²) < 4.78 is 0. The smallest absolute Gasteiger partial charge is 0.237 e. The van der Waals surface area contributed by atoms with E-state index >= 15 is 0 Å². The monoisotopic (exact) mass is 227 g/mol. The van der Waals surface area contributed by atoms with Gasteiger partial charge in [0.15, 0.2) is 0 Å². The lowest BCUT2D eigenvalue weighted by Crippen LogP contribution is -2.62. The van der Waals surface area contributed by atoms with E-state index in [-0.39, 0.29) is 5.91 Å². The van der Waals surface area contributed by atoms with Crippen LogP contribution in [0.5, 0.6) is 0 Å². The van der Waals surface area contributed by atoms with E-state index in [1.54, 1.807) is 0 Å². The maximum atomic E-state index is 11.6. The van der Waals surface area contributed by atoms with Gasteiger partial charge in [-0.25, -0.2) is 0 Å². The average molecular weight is 227 g/mol. The minimum Gasteiger partial charge on any atom is -0.368 e. The number of nitrogens with zero attached hydrogens (tertiary/aromatic N) is 1. The first-order valence-electron chi connectivity index (χ1n) is 6.30. The van der Waals surface area contributed by atoms with Crippen molar-refractivity contribution in [2.45, 2.75) is 51.6 Å². The van der Waals surface area contributed by atoms with Crippen molar-refractivity contribution in [1.29, 1.82) is 0 Å². The quantitative estimate of drug-likeness (QED) is 0.727. The molecule has 0 radical (unpaired) electrons. The maximum Gasteiger partial charge on any atom is 0.237 e. The molecule has 1 aliphatic rings. The zero-order valence-electron chi connectivity index (χ0n) is 10.8. The van der Waals surface area contributed by atoms with Crippen LogP contribution < -0.4 is 11.1 Å². The Morgan fingerprint density at radius 3 is 2.38 bits per heavy atom. The van der Waals surface area contributed by atoms with Crippen LogP contribution in [-0.4, -0.2) is 42.0 Å². The van der Waals surface area contributed by atoms with Crippen LogP contribution >= 0.6 is 0 Å². The van der Waals surface area contributed by atoms with E-state index in [0.29, 0.717) is 6.04 Å². The zero-order chi connectivity index (χ0) is 12.2. The van der Waals surface area contributed by atoms with Gasteiger partial charge < -0.3 is 16.0 Å². The van der Waals surface area contributed by atoms with Gasteiger partial charge in [-0.1, -0.05) is 6.92 Å². The van der Waals surface area contributed by atoms with Gasteiger partial charge in [-0.3, -0.25) is 4.79 Å². The highest BCUT2D eigenvalue weighted by Crippen LogP contribution is 2.22. The molecule has 94 valence electrons. The summed E-state index contributed by atoms with van der Waals surface area (Å²) in [4.78, 5) is 14.0. The molecule has 1 heterocycles. The highest BCUT2D eigenvalue weighted by atomic mass is 16.1. The molecule has 1 fully saturated rings. The van der Waals surface area contributed by atoms with E-state index in [1.807, 2.05) is 0 Å². The highest BCUT2D eigenvalue weighted by molar-refractivity contribution is 5.84. The maximum absolute atomic E-state index is 11.6. The predicted octanol–water partition coefficient (Wildman–Crippen LogP) is 0.714. The summed E-state index contributed by atoms with van der Waals surface area (Å²) in [5.41, 5.74) is 5.08. The molecular weight excluding hydrogens is 202 g/mol. The molecular formula is C12H25N3O. The molecule has 1 saturated heterocycles. The number of hydrogen-bond acceptors (Lipinski definition) is 3. The molecule has 16 heavy (non-hydrogen) atoms. The van der Waals surface area contributed by atoms with Crippen LogP contribution in [0.2, 0.25) is 0 Å². The minimum atomic E-state index is -0.474. The molecule has 1 amide bonds. The summed E-state index contributed by atoms with van der Waals surface area (Å²) in [6.45, 7) is 9.36. The number of rotatable bonds is 5. The van der Waals surface area contributed by atoms with Crippen molar-refractivity contribution >= 4 is 5.91 Å². The molecule has 1 rings (SSSR count). The Kier molecular flexibility index (Phi) is 4.74. The first-order chi connectivity index (χ1) is 7.50. The van der Waals surface area contributed by atoms with Crippen molar-refractivity contribution in [3.05, 3.63) is 0 Å². The third kappa shape index (κ3) is 3.19. The third-order valence-electron chi connectivity index (χ3n) is 3.29. The number of carbonyl (C=O) groups excluding carboxylic acids is 1. The number of nitrogens with one attached hydrogen (secondary N) is 1. The van der Waals surface area contributed by atoms with Gasteiger partial charge in [0.2, 0.25) is 5.91 Å². The van der Waals surface area contributed by atoms with Crippen LogP contribution in [0.25, 0.3) is 0 Å². The third-order valence-corrected chi connectivity index (χ3v) is 3.29. The van der Waals surface area contributed by atoms with Crippen molar-refractivity contribution in [1.82, 2.24) is 10.2 Å². The number of hydrogen-bond donors (Lipinski definition) is 2. The average Bonchev–Trinajstić information content (AvgIpc) is 2.20. The molecule has 0 spiro atoms. The second kappa shape index (κ2) is 5.64. The first kappa shape index (κ1) is 13.5. The van der Waals surface area contributed by atoms with Crippen molar-refractivity contribution < 1.29 is 4.79 Å². The Bertz CT molecular complexity index is 232. The van der Waals surface area contributed by atoms with Crippen molar-refractivity contribution in [3.63, 3.8) is 0 Å². The molecule has 0 aromatic carbocycles. The van der Waals surface area contributed by atoms with E-state index < -0.39 is 5.54 Å². The molecule has 3 N–H and O–H groups in total. The molecule has 0 atom stereocenters. The van der Waals surface area contributed by atoms with E-state index in [1.165, 1.54) is 6.42 Å². The summed E-state index contributed by atoms with van der Waals surface area (Å²) >= 11 is 0. The van der Waals surface area contributed by atoms with Gasteiger partial charge in [-0.2, -0.15) is 0 Å². The fraction of sp³-hybridized carbons (Fsp3) is 0.917. The van der Waals surface area contributed by atoms with Crippen LogP contribution in [-0.2, 0) is 4.79 Å². The Labute approximate surface area is 98.6 Å². The Balaban J connectivity index is 2.59. The molecule has 4 nitrogen and oxygen atoms in total. The number of primary amides is 1. The minimum absolute atomic E-state index is 0.197. The van der Waals surface area contributed by atoms with Crippen LogP contribution in [0.15, 0.2) is 0 Å². The number of piperidine rings is 1. The van der Waals surface area contributed by atoms with Crippen LogP contribution in [0.1, 0.15) is 40.0 Å². The Morgan fingerprint density at radius 1 is 1.44 bits per heavy atom. The zero-order valence-corrected chi connectivity index (χ0v) is 10.8. The fourth-order valence-corrected chi connectivity index (χ4v) is 2.49. The lowest BCUT2D eigenvalue weighted by atomic mass is 9.86. The van der Waals surface area contributed by atoms with Gasteiger partial charge in [-0.05, 0) is 39.7 Å². The van der Waals surface area contributed by atoms with E-state index in [4.69, 9.17) is 5.73 Å². The normalized spacial score (nSPS) is 21.2. The highest BCUT2D eigenvalue weighted by Gasteiger charge is 2.39. The molecule has 1 aliphatic heterocycles. The topological polar surface area (TPSA) is 58.4 Å². The summed E-state index contributed by atoms with van der Waals surface area (Å²) in [5, 5.41) is 3.36. The van der Waals surface area contributed by atoms with E-state index in [2.05, 4.69) is 31.0 Å². The van der Waals surface area contributed by atoms with Gasteiger partial charge in [0.1, 0.15) is 5.54 Å². The van der Waals surface area contributed by atoms with Crippen molar-refractivity contribution in [2.24, 2.45) is 5.73 Å². The second-order valence-electron chi connectivity index (χ2n) is 5.09. The van der Waals surface area contributed by atoms with Gasteiger partial charge in [0.25, 0.3) is 0 Å². The van der Waals surface area contributed by atoms with Gasteiger partial charge in [0, 0.05) is 19.1 Å². The number of amides is 1. The van der Waals surface area contributed by atoms with E-state index in [9.17, 15) is 4.79 Å². The second-order valence-corrected chi connectivity index (χ2v) is 5.09. The summed E-state index contributed by atoms with van der Waals surface area (Å²) in [6.07, 6.45) is 2.84. The molecule has 0 saturated carbocycles. The molecule has 4 heteroatoms. The molecule has 0 unspecified atom stereocenters. The van der Waals surface area contributed by atoms with Gasteiger partial charge >= 0.3 is 0 Å². The van der Waals surface area contributed by atoms with Gasteiger partial charge in [-0.15, -0.1) is 0 Å². The van der Waals surface area contributed by atoms with Crippen molar-refractivity contribution in [2.75, 3.05) is 19.6 Å². The largest absolute Gasteiger partial charge is 0.368 e. The number of nitrogens with two attached hydrogens (primary N) is 1. The summed E-state index contributed by atoms with van der Waals surface area (Å²) in [7, 11) is 0. The summed E-state index contributed by atoms with van der Waals surface area (Å²) in [5.74, 6) is -0.197. The Morgan fingerprint density at radius 2 is 2.00 bits per heavy atom. The SMILES string of the molecule is CCCN1CCC(NC(C)C)(C(N)=O)CC1. The fourth-order valence-electron chi connectivity index (χ4n) is 2.49. The molecule has 0 aromatic heterocycles. The Hall–Kier alpha value is -0.610. The lowest BCUT2D eigenvalue weighted by Gasteiger charge is -2.41. The van der Waals surface area contributed by atoms with E-state index in [0.717, 1.165) is 32.5 Å². The number of carbonyl (C=O) groups is 1. The van der Waals surface area contributed by atoms with Crippen LogP contribution in [0, 0.1) is 0 Å². The predicted molar refractivity (Wildman–Crippen MR) is 66.2 cm³/mol. The summed E-state index contributed by atoms with van der Waals surface area (Å²) in [6, 6.07) is 0.297. The standard InChI is InChI=1S/C12H25N3O/c1-4-7-15-8-5-12(6-9-15,11(13)16)14-10(2)3/h10,14H,4-9H2,1-3H3,(H2,13,16).